The number of pyridine rings is 2. The average Bonchev–Trinajstić information content (AvgIpc) is 3.03. The van der Waals surface area contributed by atoms with Crippen molar-refractivity contribution in [3.8, 4) is 22.5 Å². The zero-order valence-electron chi connectivity index (χ0n) is 19.4. The monoisotopic (exact) mass is 454 g/mol. The number of amides is 2. The average molecular weight is 455 g/mol. The van der Waals surface area contributed by atoms with Crippen molar-refractivity contribution in [2.75, 3.05) is 28.6 Å². The fourth-order valence-corrected chi connectivity index (χ4v) is 4.19. The first-order chi connectivity index (χ1) is 16.5. The number of fused-ring (bicyclic) bond motifs is 1. The fraction of sp³-hybridized carbons (Fsp3) is 0.231. The summed E-state index contributed by atoms with van der Waals surface area (Å²) in [6, 6.07) is 17.4. The number of carbonyl (C=O) groups is 1. The molecule has 0 unspecified atom stereocenters. The van der Waals surface area contributed by atoms with E-state index in [0.29, 0.717) is 29.6 Å². The highest BCUT2D eigenvalue weighted by Crippen LogP contribution is 2.31. The van der Waals surface area contributed by atoms with Crippen LogP contribution in [0.25, 0.3) is 22.5 Å². The molecule has 0 radical (unpaired) electrons. The molecule has 2 amide bonds. The van der Waals surface area contributed by atoms with Gasteiger partial charge in [0, 0.05) is 18.7 Å². The molecule has 1 aliphatic heterocycles. The minimum absolute atomic E-state index is 0.276. The molecule has 0 saturated carbocycles. The number of aryl methyl sites for hydroxylation is 3. The maximum absolute atomic E-state index is 13.4. The van der Waals surface area contributed by atoms with Gasteiger partial charge in [-0.15, -0.1) is 0 Å². The van der Waals surface area contributed by atoms with Crippen LogP contribution < -0.4 is 15.5 Å². The third-order valence-electron chi connectivity index (χ3n) is 5.84. The van der Waals surface area contributed by atoms with Crippen LogP contribution in [0.3, 0.4) is 0 Å². The summed E-state index contributed by atoms with van der Waals surface area (Å²) in [5.41, 5.74) is 6.13. The predicted molar refractivity (Wildman–Crippen MR) is 133 cm³/mol. The molecule has 0 aliphatic carbocycles. The molecule has 3 aromatic heterocycles. The van der Waals surface area contributed by atoms with Crippen LogP contribution >= 0.6 is 0 Å². The Bertz CT molecular complexity index is 1340. The molecule has 0 spiro atoms. The van der Waals surface area contributed by atoms with Crippen LogP contribution in [0.5, 0.6) is 0 Å². The summed E-state index contributed by atoms with van der Waals surface area (Å²) >= 11 is 0. The Balaban J connectivity index is 1.45. The standard InChI is InChI=1S/C26H26N6O2/c1-16-7-4-8-19(15-16)20-11-12-22-25(29-20)32(14-6-13-27-22)26(33)30-23-10-5-9-21(28-23)24-17(2)31-34-18(24)3/h4-5,7-12,15,27H,6,13-14H2,1-3H3,(H,28,30,33). The van der Waals surface area contributed by atoms with Crippen LogP contribution in [0, 0.1) is 20.8 Å². The van der Waals surface area contributed by atoms with E-state index in [9.17, 15) is 4.79 Å². The van der Waals surface area contributed by atoms with Crippen molar-refractivity contribution in [2.45, 2.75) is 27.2 Å². The lowest BCUT2D eigenvalue weighted by atomic mass is 10.1. The van der Waals surface area contributed by atoms with Crippen LogP contribution in [0.4, 0.5) is 22.1 Å². The van der Waals surface area contributed by atoms with Gasteiger partial charge in [0.25, 0.3) is 0 Å². The normalized spacial score (nSPS) is 13.1. The first-order valence-corrected chi connectivity index (χ1v) is 11.3. The second-order valence-electron chi connectivity index (χ2n) is 8.41. The molecule has 172 valence electrons. The van der Waals surface area contributed by atoms with Crippen LogP contribution in [-0.2, 0) is 0 Å². The van der Waals surface area contributed by atoms with Gasteiger partial charge in [-0.05, 0) is 57.5 Å². The molecule has 4 aromatic rings. The zero-order chi connectivity index (χ0) is 23.7. The molecule has 1 aromatic carbocycles. The summed E-state index contributed by atoms with van der Waals surface area (Å²) < 4.78 is 5.27. The first kappa shape index (κ1) is 21.6. The lowest BCUT2D eigenvalue weighted by Gasteiger charge is -2.22. The Hall–Kier alpha value is -4.20. The largest absolute Gasteiger partial charge is 0.382 e. The third-order valence-corrected chi connectivity index (χ3v) is 5.84. The molecule has 0 atom stereocenters. The Morgan fingerprint density at radius 3 is 2.68 bits per heavy atom. The van der Waals surface area contributed by atoms with Crippen LogP contribution in [0.15, 0.2) is 59.1 Å². The number of anilines is 3. The van der Waals surface area contributed by atoms with Crippen molar-refractivity contribution in [1.82, 2.24) is 15.1 Å². The molecule has 4 heterocycles. The Morgan fingerprint density at radius 2 is 1.88 bits per heavy atom. The van der Waals surface area contributed by atoms with E-state index in [2.05, 4.69) is 39.8 Å². The lowest BCUT2D eigenvalue weighted by molar-refractivity contribution is 0.256. The molecule has 8 nitrogen and oxygen atoms in total. The predicted octanol–water partition coefficient (Wildman–Crippen LogP) is 5.58. The molecule has 1 aliphatic rings. The molecule has 5 rings (SSSR count). The van der Waals surface area contributed by atoms with Gasteiger partial charge in [0.2, 0.25) is 0 Å². The lowest BCUT2D eigenvalue weighted by Crippen LogP contribution is -2.36. The van der Waals surface area contributed by atoms with E-state index >= 15 is 0 Å². The summed E-state index contributed by atoms with van der Waals surface area (Å²) in [7, 11) is 0. The van der Waals surface area contributed by atoms with Gasteiger partial charge in [0.15, 0.2) is 5.82 Å². The highest BCUT2D eigenvalue weighted by Gasteiger charge is 2.24. The summed E-state index contributed by atoms with van der Waals surface area (Å²) in [4.78, 5) is 24.6. The number of nitrogens with one attached hydrogen (secondary N) is 2. The van der Waals surface area contributed by atoms with Gasteiger partial charge < -0.3 is 9.84 Å². The van der Waals surface area contributed by atoms with E-state index in [0.717, 1.165) is 46.7 Å². The van der Waals surface area contributed by atoms with Crippen molar-refractivity contribution >= 4 is 23.4 Å². The van der Waals surface area contributed by atoms with Gasteiger partial charge in [-0.25, -0.2) is 14.8 Å². The molecule has 0 fully saturated rings. The van der Waals surface area contributed by atoms with Gasteiger partial charge in [-0.2, -0.15) is 0 Å². The quantitative estimate of drug-likeness (QED) is 0.420. The molecular weight excluding hydrogens is 428 g/mol. The zero-order valence-corrected chi connectivity index (χ0v) is 19.4. The number of urea groups is 1. The molecule has 34 heavy (non-hydrogen) atoms. The van der Waals surface area contributed by atoms with E-state index < -0.39 is 0 Å². The molecule has 2 N–H and O–H groups in total. The number of hydrogen-bond acceptors (Lipinski definition) is 6. The summed E-state index contributed by atoms with van der Waals surface area (Å²) in [6.45, 7) is 7.08. The van der Waals surface area contributed by atoms with Crippen molar-refractivity contribution in [3.05, 3.63) is 71.6 Å². The SMILES string of the molecule is Cc1cccc(-c2ccc3c(n2)N(C(=O)Nc2cccc(-c4c(C)noc4C)n2)CCCN3)c1. The van der Waals surface area contributed by atoms with E-state index in [1.54, 1.807) is 11.0 Å². The van der Waals surface area contributed by atoms with Crippen molar-refractivity contribution < 1.29 is 9.32 Å². The summed E-state index contributed by atoms with van der Waals surface area (Å²) in [5, 5.41) is 10.3. The Kier molecular flexibility index (Phi) is 5.71. The Labute approximate surface area is 198 Å². The number of hydrogen-bond donors (Lipinski definition) is 2. The summed E-state index contributed by atoms with van der Waals surface area (Å²) in [6.07, 6.45) is 0.802. The van der Waals surface area contributed by atoms with Crippen LogP contribution in [0.1, 0.15) is 23.4 Å². The number of nitrogens with zero attached hydrogens (tertiary/aromatic N) is 4. The Morgan fingerprint density at radius 1 is 1.03 bits per heavy atom. The van der Waals surface area contributed by atoms with Crippen molar-refractivity contribution in [2.24, 2.45) is 0 Å². The van der Waals surface area contributed by atoms with Crippen molar-refractivity contribution in [3.63, 3.8) is 0 Å². The molecule has 8 heteroatoms. The van der Waals surface area contributed by atoms with Crippen molar-refractivity contribution in [1.29, 1.82) is 0 Å². The number of benzene rings is 1. The van der Waals surface area contributed by atoms with Crippen LogP contribution in [0.2, 0.25) is 0 Å². The number of aromatic nitrogens is 3. The van der Waals surface area contributed by atoms with E-state index in [4.69, 9.17) is 9.51 Å². The van der Waals surface area contributed by atoms with Gasteiger partial charge in [-0.1, -0.05) is 35.0 Å². The van der Waals surface area contributed by atoms with E-state index in [-0.39, 0.29) is 6.03 Å². The molecular formula is C26H26N6O2. The topological polar surface area (TPSA) is 96.2 Å². The fourth-order valence-electron chi connectivity index (χ4n) is 4.19. The number of carbonyl (C=O) groups excluding carboxylic acids is 1. The second-order valence-corrected chi connectivity index (χ2v) is 8.41. The molecule has 0 saturated heterocycles. The third kappa shape index (κ3) is 4.22. The summed E-state index contributed by atoms with van der Waals surface area (Å²) in [5.74, 6) is 1.75. The highest BCUT2D eigenvalue weighted by atomic mass is 16.5. The van der Waals surface area contributed by atoms with Gasteiger partial charge in [0.1, 0.15) is 11.6 Å². The van der Waals surface area contributed by atoms with Crippen LogP contribution in [-0.4, -0.2) is 34.2 Å². The van der Waals surface area contributed by atoms with E-state index in [1.165, 1.54) is 0 Å². The van der Waals surface area contributed by atoms with Gasteiger partial charge in [0.05, 0.1) is 28.3 Å². The smallest absolute Gasteiger partial charge is 0.328 e. The van der Waals surface area contributed by atoms with Gasteiger partial charge in [-0.3, -0.25) is 10.2 Å². The minimum Gasteiger partial charge on any atom is -0.382 e. The highest BCUT2D eigenvalue weighted by molar-refractivity contribution is 6.03. The van der Waals surface area contributed by atoms with Gasteiger partial charge >= 0.3 is 6.03 Å². The number of rotatable bonds is 3. The maximum atomic E-state index is 13.4. The maximum Gasteiger partial charge on any atom is 0.328 e. The second kappa shape index (κ2) is 8.97. The molecule has 0 bridgehead atoms. The van der Waals surface area contributed by atoms with E-state index in [1.807, 2.05) is 50.2 Å². The first-order valence-electron chi connectivity index (χ1n) is 11.3. The minimum atomic E-state index is -0.276.